The molecule has 0 amide bonds. The lowest BCUT2D eigenvalue weighted by Gasteiger charge is -2.09. The van der Waals surface area contributed by atoms with E-state index in [1.54, 1.807) is 0 Å². The SMILES string of the molecule is CC(C)OC(C)C.O.O=C(C(F)(F)F)C(F)(F)F. The second-order valence-electron chi connectivity index (χ2n) is 3.56. The van der Waals surface area contributed by atoms with Gasteiger partial charge >= 0.3 is 18.1 Å². The Kier molecular flexibility index (Phi) is 10.3. The van der Waals surface area contributed by atoms with Gasteiger partial charge < -0.3 is 10.2 Å². The number of halogens is 6. The Morgan fingerprint density at radius 2 is 1.06 bits per heavy atom. The van der Waals surface area contributed by atoms with Crippen molar-refractivity contribution in [1.29, 1.82) is 0 Å². The predicted octanol–water partition coefficient (Wildman–Crippen LogP) is 2.68. The molecule has 0 atom stereocenters. The summed E-state index contributed by atoms with van der Waals surface area (Å²) in [4.78, 5) is 9.24. The first-order valence-electron chi connectivity index (χ1n) is 4.62. The van der Waals surface area contributed by atoms with Crippen LogP contribution >= 0.6 is 0 Å². The van der Waals surface area contributed by atoms with Gasteiger partial charge in [-0.05, 0) is 27.7 Å². The van der Waals surface area contributed by atoms with Crippen molar-refractivity contribution in [3.05, 3.63) is 0 Å². The molecule has 0 saturated carbocycles. The van der Waals surface area contributed by atoms with E-state index >= 15 is 0 Å². The first-order chi connectivity index (χ1) is 7.28. The van der Waals surface area contributed by atoms with E-state index in [-0.39, 0.29) is 5.48 Å². The van der Waals surface area contributed by atoms with Gasteiger partial charge in [0.1, 0.15) is 0 Å². The van der Waals surface area contributed by atoms with Crippen LogP contribution < -0.4 is 0 Å². The number of hydrogen-bond donors (Lipinski definition) is 0. The third kappa shape index (κ3) is 13.2. The predicted molar refractivity (Wildman–Crippen MR) is 52.1 cm³/mol. The fourth-order valence-electron chi connectivity index (χ4n) is 0.705. The van der Waals surface area contributed by atoms with Gasteiger partial charge in [0.2, 0.25) is 0 Å². The van der Waals surface area contributed by atoms with Crippen LogP contribution in [0.15, 0.2) is 0 Å². The number of alkyl halides is 6. The summed E-state index contributed by atoms with van der Waals surface area (Å²) in [5.74, 6) is -3.68. The fraction of sp³-hybridized carbons (Fsp3) is 0.889. The molecule has 0 aliphatic rings. The summed E-state index contributed by atoms with van der Waals surface area (Å²) < 4.78 is 70.5. The van der Waals surface area contributed by atoms with Crippen molar-refractivity contribution in [3.63, 3.8) is 0 Å². The molecule has 112 valence electrons. The maximum atomic E-state index is 10.9. The Morgan fingerprint density at radius 1 is 0.833 bits per heavy atom. The first-order valence-corrected chi connectivity index (χ1v) is 4.62. The van der Waals surface area contributed by atoms with Gasteiger partial charge in [-0.1, -0.05) is 0 Å². The average molecular weight is 286 g/mol. The van der Waals surface area contributed by atoms with Gasteiger partial charge in [0.05, 0.1) is 12.2 Å². The molecular weight excluding hydrogens is 270 g/mol. The van der Waals surface area contributed by atoms with E-state index in [4.69, 9.17) is 4.74 Å². The molecule has 0 saturated heterocycles. The lowest BCUT2D eigenvalue weighted by molar-refractivity contribution is -0.217. The average Bonchev–Trinajstić information content (AvgIpc) is 1.97. The molecule has 0 heterocycles. The molecule has 0 unspecified atom stereocenters. The fourth-order valence-corrected chi connectivity index (χ4v) is 0.705. The van der Waals surface area contributed by atoms with Crippen molar-refractivity contribution >= 4 is 5.78 Å². The lowest BCUT2D eigenvalue weighted by Crippen LogP contribution is -2.36. The van der Waals surface area contributed by atoms with Gasteiger partial charge in [0.25, 0.3) is 0 Å². The molecule has 0 fully saturated rings. The maximum Gasteiger partial charge on any atom is 0.459 e. The van der Waals surface area contributed by atoms with Crippen LogP contribution in [0.5, 0.6) is 0 Å². The van der Waals surface area contributed by atoms with Crippen molar-refractivity contribution in [2.45, 2.75) is 52.3 Å². The lowest BCUT2D eigenvalue weighted by atomic mass is 10.4. The zero-order valence-electron chi connectivity index (χ0n) is 10.2. The molecule has 0 rings (SSSR count). The van der Waals surface area contributed by atoms with Gasteiger partial charge in [0.15, 0.2) is 0 Å². The Hall–Kier alpha value is -0.830. The molecule has 18 heavy (non-hydrogen) atoms. The second-order valence-corrected chi connectivity index (χ2v) is 3.56. The smallest absolute Gasteiger partial charge is 0.412 e. The number of Topliss-reactive ketones (excluding diaryl/α,β-unsaturated/α-hetero) is 1. The number of ether oxygens (including phenoxy) is 1. The minimum atomic E-state index is -5.82. The molecule has 0 aromatic carbocycles. The zero-order chi connectivity index (χ0) is 14.4. The third-order valence-electron chi connectivity index (χ3n) is 1.06. The topological polar surface area (TPSA) is 57.8 Å². The highest BCUT2D eigenvalue weighted by Crippen LogP contribution is 2.28. The maximum absolute atomic E-state index is 10.9. The Morgan fingerprint density at radius 3 is 1.06 bits per heavy atom. The summed E-state index contributed by atoms with van der Waals surface area (Å²) in [6.45, 7) is 8.17. The first kappa shape index (κ1) is 22.4. The molecule has 0 aliphatic carbocycles. The summed E-state index contributed by atoms with van der Waals surface area (Å²) in [5, 5.41) is 0. The largest absolute Gasteiger partial charge is 0.459 e. The molecule has 0 aliphatic heterocycles. The van der Waals surface area contributed by atoms with Gasteiger partial charge in [-0.2, -0.15) is 26.3 Å². The van der Waals surface area contributed by atoms with Crippen molar-refractivity contribution < 1.29 is 41.4 Å². The van der Waals surface area contributed by atoms with E-state index in [2.05, 4.69) is 0 Å². The van der Waals surface area contributed by atoms with Crippen LogP contribution in [0.4, 0.5) is 26.3 Å². The normalized spacial score (nSPS) is 11.8. The van der Waals surface area contributed by atoms with E-state index < -0.39 is 18.1 Å². The highest BCUT2D eigenvalue weighted by molar-refractivity contribution is 5.89. The monoisotopic (exact) mass is 286 g/mol. The van der Waals surface area contributed by atoms with Crippen molar-refractivity contribution in [3.8, 4) is 0 Å². The van der Waals surface area contributed by atoms with E-state index in [0.29, 0.717) is 12.2 Å². The molecule has 0 bridgehead atoms. The summed E-state index contributed by atoms with van der Waals surface area (Å²) in [6, 6.07) is 0. The molecule has 0 radical (unpaired) electrons. The summed E-state index contributed by atoms with van der Waals surface area (Å²) in [5.41, 5.74) is 0. The van der Waals surface area contributed by atoms with Crippen LogP contribution in [0.1, 0.15) is 27.7 Å². The van der Waals surface area contributed by atoms with Gasteiger partial charge in [-0.25, -0.2) is 0 Å². The molecule has 2 N–H and O–H groups in total. The number of carbonyl (C=O) groups is 1. The Balaban J connectivity index is -0.000000251. The third-order valence-corrected chi connectivity index (χ3v) is 1.06. The molecule has 0 aromatic rings. The van der Waals surface area contributed by atoms with Crippen LogP contribution in [0.25, 0.3) is 0 Å². The molecule has 3 nitrogen and oxygen atoms in total. The quantitative estimate of drug-likeness (QED) is 0.733. The van der Waals surface area contributed by atoms with E-state index in [0.717, 1.165) is 0 Å². The van der Waals surface area contributed by atoms with Gasteiger partial charge in [0, 0.05) is 0 Å². The van der Waals surface area contributed by atoms with Gasteiger partial charge in [-0.15, -0.1) is 0 Å². The van der Waals surface area contributed by atoms with E-state index in [1.807, 2.05) is 27.7 Å². The highest BCUT2D eigenvalue weighted by Gasteiger charge is 2.55. The Bertz CT molecular complexity index is 209. The summed E-state index contributed by atoms with van der Waals surface area (Å²) in [6.07, 6.45) is -10.9. The molecular formula is C9H16F6O3. The van der Waals surface area contributed by atoms with Gasteiger partial charge in [-0.3, -0.25) is 4.79 Å². The van der Waals surface area contributed by atoms with Crippen LogP contribution in [0.2, 0.25) is 0 Å². The number of ketones is 1. The molecule has 0 spiro atoms. The zero-order valence-corrected chi connectivity index (χ0v) is 10.2. The minimum absolute atomic E-state index is 0. The molecule has 0 aromatic heterocycles. The summed E-state index contributed by atoms with van der Waals surface area (Å²) in [7, 11) is 0. The van der Waals surface area contributed by atoms with E-state index in [1.165, 1.54) is 0 Å². The number of hydrogen-bond acceptors (Lipinski definition) is 2. The molecule has 9 heteroatoms. The standard InChI is InChI=1S/C6H14O.C3F6O.H2O/c1-5(2)7-6(3)4;4-2(5,6)1(10)3(7,8)9;/h5-6H,1-4H3;;1H2. The van der Waals surface area contributed by atoms with Crippen LogP contribution in [-0.2, 0) is 9.53 Å². The second kappa shape index (κ2) is 8.30. The number of rotatable bonds is 2. The van der Waals surface area contributed by atoms with Crippen molar-refractivity contribution in [2.24, 2.45) is 0 Å². The van der Waals surface area contributed by atoms with Crippen molar-refractivity contribution in [2.75, 3.05) is 0 Å². The van der Waals surface area contributed by atoms with Crippen LogP contribution in [0.3, 0.4) is 0 Å². The van der Waals surface area contributed by atoms with Crippen molar-refractivity contribution in [1.82, 2.24) is 0 Å². The summed E-state index contributed by atoms with van der Waals surface area (Å²) >= 11 is 0. The number of carbonyl (C=O) groups excluding carboxylic acids is 1. The van der Waals surface area contributed by atoms with Crippen LogP contribution in [0, 0.1) is 0 Å². The van der Waals surface area contributed by atoms with E-state index in [9.17, 15) is 31.1 Å². The minimum Gasteiger partial charge on any atom is -0.412 e. The highest BCUT2D eigenvalue weighted by atomic mass is 19.4. The van der Waals surface area contributed by atoms with Crippen LogP contribution in [-0.4, -0.2) is 35.8 Å². The Labute approximate surface area is 100 Å².